The molecule has 0 aromatic heterocycles. The summed E-state index contributed by atoms with van der Waals surface area (Å²) >= 11 is 0. The van der Waals surface area contributed by atoms with Crippen LogP contribution in [0.2, 0.25) is 0 Å². The van der Waals surface area contributed by atoms with Gasteiger partial charge in [0.1, 0.15) is 0 Å². The number of carboxylic acids is 2. The zero-order valence-electron chi connectivity index (χ0n) is 25.5. The van der Waals surface area contributed by atoms with E-state index in [4.69, 9.17) is 40.1 Å². The molecule has 0 bridgehead atoms. The van der Waals surface area contributed by atoms with E-state index in [1.807, 2.05) is 0 Å². The fraction of sp³-hybridized carbons (Fsp3) is 0.741. The predicted molar refractivity (Wildman–Crippen MR) is 159 cm³/mol. The highest BCUT2D eigenvalue weighted by atomic mass is 16.4. The van der Waals surface area contributed by atoms with Gasteiger partial charge < -0.3 is 50.3 Å². The van der Waals surface area contributed by atoms with Gasteiger partial charge in [-0.2, -0.15) is 0 Å². The average molecular weight is 631 g/mol. The largest absolute Gasteiger partial charge is 0.481 e. The normalized spacial score (nSPS) is 16.8. The summed E-state index contributed by atoms with van der Waals surface area (Å²) in [7, 11) is 0. The van der Waals surface area contributed by atoms with Crippen LogP contribution in [0.4, 0.5) is 0 Å². The zero-order chi connectivity index (χ0) is 34.4. The maximum atomic E-state index is 14.4. The van der Waals surface area contributed by atoms with Crippen LogP contribution >= 0.6 is 0 Å². The molecule has 0 aliphatic rings. The number of Topliss-reactive ketones (excluding diaryl/α,β-unsaturated/α-hetero) is 2. The van der Waals surface area contributed by atoms with Crippen molar-refractivity contribution in [2.75, 3.05) is 13.1 Å². The van der Waals surface area contributed by atoms with E-state index in [1.54, 1.807) is 6.92 Å². The number of aliphatic carboxylic acids is 2. The Bertz CT molecular complexity index is 1040. The monoisotopic (exact) mass is 630 g/mol. The molecule has 7 unspecified atom stereocenters. The minimum Gasteiger partial charge on any atom is -0.481 e. The van der Waals surface area contributed by atoms with Crippen LogP contribution in [0.15, 0.2) is 0 Å². The molecule has 0 aromatic rings. The second-order valence-corrected chi connectivity index (χ2v) is 11.0. The molecule has 0 saturated carbocycles. The lowest BCUT2D eigenvalue weighted by molar-refractivity contribution is -0.179. The maximum absolute atomic E-state index is 14.4. The third-order valence-corrected chi connectivity index (χ3v) is 7.66. The summed E-state index contributed by atoms with van der Waals surface area (Å²) in [6.45, 7) is 3.36. The molecule has 0 spiro atoms. The summed E-state index contributed by atoms with van der Waals surface area (Å²) < 4.78 is 0. The lowest BCUT2D eigenvalue weighted by Crippen LogP contribution is -2.75. The zero-order valence-corrected chi connectivity index (χ0v) is 25.5. The Labute approximate surface area is 256 Å². The number of primary amides is 1. The smallest absolute Gasteiger partial charge is 0.338 e. The Morgan fingerprint density at radius 1 is 0.773 bits per heavy atom. The summed E-state index contributed by atoms with van der Waals surface area (Å²) in [5, 5.41) is 20.2. The standard InChI is InChI=1S/C27H50N8O9/c1-3-14(2)21(34)23(40)27(26(43)44,15(7-6-12-29)22(39)16(30)8-4-5-11-28)35(25(42)18(32)13-20(37)38)24(41)17(31)9-10-19(33)36/h14-18,21H,3-13,28-32,34H2,1-2H3,(H2,33,36)(H,37,38)(H,43,44). The Morgan fingerprint density at radius 2 is 1.32 bits per heavy atom. The summed E-state index contributed by atoms with van der Waals surface area (Å²) in [6.07, 6.45) is -1.44. The molecule has 0 aliphatic carbocycles. The number of nitrogens with two attached hydrogens (primary N) is 7. The minimum absolute atomic E-state index is 0.0228. The first-order chi connectivity index (χ1) is 20.5. The molecule has 0 aliphatic heterocycles. The van der Waals surface area contributed by atoms with Crippen molar-refractivity contribution < 1.29 is 43.8 Å². The van der Waals surface area contributed by atoms with Gasteiger partial charge in [-0.15, -0.1) is 0 Å². The number of nitrogens with zero attached hydrogens (tertiary/aromatic N) is 1. The van der Waals surface area contributed by atoms with E-state index in [0.29, 0.717) is 12.8 Å². The van der Waals surface area contributed by atoms with Gasteiger partial charge >= 0.3 is 11.9 Å². The van der Waals surface area contributed by atoms with Crippen LogP contribution in [0.5, 0.6) is 0 Å². The fourth-order valence-corrected chi connectivity index (χ4v) is 4.83. The molecular formula is C27H50N8O9. The second kappa shape index (κ2) is 19.1. The number of rotatable bonds is 23. The van der Waals surface area contributed by atoms with E-state index in [-0.39, 0.29) is 37.3 Å². The first kappa shape index (κ1) is 40.6. The van der Waals surface area contributed by atoms with Gasteiger partial charge in [0, 0.05) is 6.42 Å². The van der Waals surface area contributed by atoms with Gasteiger partial charge in [-0.1, -0.05) is 26.7 Å². The number of carboxylic acid groups (broad SMARTS) is 2. The molecule has 0 aromatic carbocycles. The number of amides is 3. The van der Waals surface area contributed by atoms with E-state index < -0.39 is 108 Å². The third-order valence-electron chi connectivity index (χ3n) is 7.66. The Balaban J connectivity index is 7.90. The highest BCUT2D eigenvalue weighted by molar-refractivity contribution is 6.20. The summed E-state index contributed by atoms with van der Waals surface area (Å²) in [5.41, 5.74) is 37.3. The molecule has 3 amide bonds. The predicted octanol–water partition coefficient (Wildman–Crippen LogP) is -3.12. The van der Waals surface area contributed by atoms with Crippen molar-refractivity contribution in [3.05, 3.63) is 0 Å². The molecule has 17 heteroatoms. The fourth-order valence-electron chi connectivity index (χ4n) is 4.83. The molecule has 252 valence electrons. The molecule has 44 heavy (non-hydrogen) atoms. The van der Waals surface area contributed by atoms with Crippen molar-refractivity contribution in [1.29, 1.82) is 0 Å². The van der Waals surface area contributed by atoms with Crippen molar-refractivity contribution in [1.82, 2.24) is 4.90 Å². The van der Waals surface area contributed by atoms with Crippen LogP contribution in [0.1, 0.15) is 71.6 Å². The molecule has 17 nitrogen and oxygen atoms in total. The Hall–Kier alpha value is -3.35. The molecule has 0 rings (SSSR count). The summed E-state index contributed by atoms with van der Waals surface area (Å²) in [5.74, 6) is -12.8. The average Bonchev–Trinajstić information content (AvgIpc) is 2.96. The molecule has 0 saturated heterocycles. The lowest BCUT2D eigenvalue weighted by Gasteiger charge is -2.46. The van der Waals surface area contributed by atoms with Crippen molar-refractivity contribution >= 4 is 41.2 Å². The molecule has 0 heterocycles. The molecule has 7 atom stereocenters. The number of carbonyl (C=O) groups excluding carboxylic acids is 5. The van der Waals surface area contributed by atoms with Gasteiger partial charge in [0.25, 0.3) is 0 Å². The second-order valence-electron chi connectivity index (χ2n) is 11.0. The van der Waals surface area contributed by atoms with Crippen LogP contribution in [0.3, 0.4) is 0 Å². The quantitative estimate of drug-likeness (QED) is 0.0398. The summed E-state index contributed by atoms with van der Waals surface area (Å²) in [4.78, 5) is 92.7. The Kier molecular flexibility index (Phi) is 17.7. The van der Waals surface area contributed by atoms with Gasteiger partial charge in [-0.25, -0.2) is 4.79 Å². The minimum atomic E-state index is -3.37. The van der Waals surface area contributed by atoms with Crippen LogP contribution in [0.25, 0.3) is 0 Å². The van der Waals surface area contributed by atoms with Crippen molar-refractivity contribution in [3.63, 3.8) is 0 Å². The van der Waals surface area contributed by atoms with Crippen molar-refractivity contribution in [2.24, 2.45) is 52.0 Å². The number of carbonyl (C=O) groups is 7. The van der Waals surface area contributed by atoms with Crippen LogP contribution < -0.4 is 40.1 Å². The molecule has 0 fully saturated rings. The van der Waals surface area contributed by atoms with E-state index in [0.717, 1.165) is 0 Å². The first-order valence-electron chi connectivity index (χ1n) is 14.6. The number of imide groups is 1. The highest BCUT2D eigenvalue weighted by Gasteiger charge is 2.64. The van der Waals surface area contributed by atoms with Gasteiger partial charge in [0.15, 0.2) is 11.6 Å². The van der Waals surface area contributed by atoms with Crippen LogP contribution in [-0.2, 0) is 33.6 Å². The van der Waals surface area contributed by atoms with Crippen molar-refractivity contribution in [2.45, 2.75) is 101 Å². The topological polar surface area (TPSA) is 345 Å². The van der Waals surface area contributed by atoms with Gasteiger partial charge in [0.05, 0.1) is 36.5 Å². The van der Waals surface area contributed by atoms with E-state index in [2.05, 4.69) is 0 Å². The van der Waals surface area contributed by atoms with Gasteiger partial charge in [0.2, 0.25) is 23.3 Å². The third kappa shape index (κ3) is 10.4. The van der Waals surface area contributed by atoms with Gasteiger partial charge in [-0.05, 0) is 51.1 Å². The summed E-state index contributed by atoms with van der Waals surface area (Å²) in [6, 6.07) is -6.87. The Morgan fingerprint density at radius 3 is 1.77 bits per heavy atom. The van der Waals surface area contributed by atoms with E-state index >= 15 is 0 Å². The van der Waals surface area contributed by atoms with E-state index in [9.17, 15) is 43.8 Å². The molecular weight excluding hydrogens is 580 g/mol. The number of ketones is 2. The molecule has 0 radical (unpaired) electrons. The number of unbranched alkanes of at least 4 members (excludes halogenated alkanes) is 1. The first-order valence-corrected chi connectivity index (χ1v) is 14.6. The maximum Gasteiger partial charge on any atom is 0.338 e. The van der Waals surface area contributed by atoms with Crippen LogP contribution in [-0.4, -0.2) is 99.1 Å². The lowest BCUT2D eigenvalue weighted by atomic mass is 9.68. The number of hydrogen-bond donors (Lipinski definition) is 9. The van der Waals surface area contributed by atoms with Crippen LogP contribution in [0, 0.1) is 11.8 Å². The highest BCUT2D eigenvalue weighted by Crippen LogP contribution is 2.36. The van der Waals surface area contributed by atoms with E-state index in [1.165, 1.54) is 6.92 Å². The number of hydrogen-bond acceptors (Lipinski definition) is 13. The molecule has 16 N–H and O–H groups in total. The van der Waals surface area contributed by atoms with Gasteiger partial charge in [-0.3, -0.25) is 33.7 Å². The SMILES string of the molecule is CCC(C)C(N)C(=O)C(C(=O)O)(C(CCCN)C(=O)C(N)CCCCN)N(C(=O)C(N)CCC(N)=O)C(=O)C(N)CC(=O)O. The van der Waals surface area contributed by atoms with Crippen molar-refractivity contribution in [3.8, 4) is 0 Å².